The van der Waals surface area contributed by atoms with Gasteiger partial charge in [0.15, 0.2) is 11.5 Å². The zero-order valence-corrected chi connectivity index (χ0v) is 14.9. The largest absolute Gasteiger partial charge is 0.534 e. The molecular weight excluding hydrogens is 418 g/mol. The lowest BCUT2D eigenvalue weighted by molar-refractivity contribution is -0.0513. The lowest BCUT2D eigenvalue weighted by Gasteiger charge is -2.21. The van der Waals surface area contributed by atoms with Gasteiger partial charge in [-0.05, 0) is 23.1 Å². The van der Waals surface area contributed by atoms with Crippen molar-refractivity contribution in [2.75, 3.05) is 0 Å². The highest BCUT2D eigenvalue weighted by Crippen LogP contribution is 2.39. The summed E-state index contributed by atoms with van der Waals surface area (Å²) in [6.07, 6.45) is 0. The lowest BCUT2D eigenvalue weighted by atomic mass is 9.87. The molecule has 1 aromatic carbocycles. The first-order valence-corrected chi connectivity index (χ1v) is 9.25. The summed E-state index contributed by atoms with van der Waals surface area (Å²) < 4.78 is 126. The van der Waals surface area contributed by atoms with E-state index in [-0.39, 0.29) is 5.56 Å². The summed E-state index contributed by atoms with van der Waals surface area (Å²) in [7, 11) is -12.6. The standard InChI is InChI=1S/C12H12F6O6S2/c1-10(2,3)7-4-5-8(23-25(19,20)11(13,14)15)9(6-7)24-26(21,22)12(16,17)18/h4-6H,1-3H3. The van der Waals surface area contributed by atoms with Crippen molar-refractivity contribution in [3.05, 3.63) is 23.8 Å². The second-order valence-electron chi connectivity index (χ2n) is 5.88. The summed E-state index contributed by atoms with van der Waals surface area (Å²) in [4.78, 5) is 0. The zero-order valence-electron chi connectivity index (χ0n) is 13.3. The zero-order chi connectivity index (χ0) is 20.8. The molecule has 0 saturated heterocycles. The molecular formula is C12H12F6O6S2. The maximum atomic E-state index is 12.5. The first-order valence-electron chi connectivity index (χ1n) is 6.44. The highest BCUT2D eigenvalue weighted by molar-refractivity contribution is 7.88. The first kappa shape index (κ1) is 22.3. The molecule has 26 heavy (non-hydrogen) atoms. The van der Waals surface area contributed by atoms with E-state index in [2.05, 4.69) is 8.37 Å². The van der Waals surface area contributed by atoms with Gasteiger partial charge in [-0.3, -0.25) is 0 Å². The molecule has 0 saturated carbocycles. The number of halogens is 6. The van der Waals surface area contributed by atoms with Crippen LogP contribution in [0, 0.1) is 0 Å². The van der Waals surface area contributed by atoms with Crippen molar-refractivity contribution >= 4 is 20.2 Å². The molecule has 0 spiro atoms. The van der Waals surface area contributed by atoms with Gasteiger partial charge in [-0.15, -0.1) is 0 Å². The van der Waals surface area contributed by atoms with Crippen LogP contribution in [0.1, 0.15) is 26.3 Å². The van der Waals surface area contributed by atoms with Gasteiger partial charge in [0.25, 0.3) is 0 Å². The Balaban J connectivity index is 3.53. The Labute approximate surface area is 145 Å². The van der Waals surface area contributed by atoms with Crippen LogP contribution in [-0.4, -0.2) is 27.9 Å². The minimum atomic E-state index is -6.28. The third-order valence-electron chi connectivity index (χ3n) is 2.78. The molecule has 1 rings (SSSR count). The molecule has 0 bridgehead atoms. The topological polar surface area (TPSA) is 86.7 Å². The van der Waals surface area contributed by atoms with Crippen LogP contribution in [0.3, 0.4) is 0 Å². The maximum absolute atomic E-state index is 12.5. The molecule has 0 unspecified atom stereocenters. The summed E-state index contributed by atoms with van der Waals surface area (Å²) in [6, 6.07) is 2.25. The number of benzene rings is 1. The van der Waals surface area contributed by atoms with Gasteiger partial charge in [0.1, 0.15) is 0 Å². The molecule has 6 nitrogen and oxygen atoms in total. The molecule has 0 N–H and O–H groups in total. The fourth-order valence-corrected chi connectivity index (χ4v) is 2.37. The number of rotatable bonds is 4. The van der Waals surface area contributed by atoms with E-state index in [1.54, 1.807) is 20.8 Å². The molecule has 0 radical (unpaired) electrons. The third-order valence-corrected chi connectivity index (χ3v) is 4.71. The van der Waals surface area contributed by atoms with Crippen LogP contribution >= 0.6 is 0 Å². The van der Waals surface area contributed by atoms with Crippen molar-refractivity contribution in [2.24, 2.45) is 0 Å². The van der Waals surface area contributed by atoms with E-state index in [1.165, 1.54) is 0 Å². The normalized spacial score (nSPS) is 14.2. The smallest absolute Gasteiger partial charge is 0.372 e. The van der Waals surface area contributed by atoms with Crippen molar-refractivity contribution in [3.63, 3.8) is 0 Å². The van der Waals surface area contributed by atoms with Crippen LogP contribution in [0.5, 0.6) is 11.5 Å². The average Bonchev–Trinajstić information content (AvgIpc) is 2.36. The van der Waals surface area contributed by atoms with Gasteiger partial charge in [-0.2, -0.15) is 43.2 Å². The Hall–Kier alpha value is -1.70. The Kier molecular flexibility index (Phi) is 5.56. The number of alkyl halides is 6. The van der Waals surface area contributed by atoms with Crippen LogP contribution in [0.25, 0.3) is 0 Å². The van der Waals surface area contributed by atoms with E-state index in [9.17, 15) is 43.2 Å². The van der Waals surface area contributed by atoms with Crippen molar-refractivity contribution in [1.82, 2.24) is 0 Å². The molecule has 0 atom stereocenters. The fourth-order valence-electron chi connectivity index (χ4n) is 1.44. The number of hydrogen-bond donors (Lipinski definition) is 0. The van der Waals surface area contributed by atoms with Gasteiger partial charge in [-0.25, -0.2) is 0 Å². The quantitative estimate of drug-likeness (QED) is 0.413. The van der Waals surface area contributed by atoms with Crippen molar-refractivity contribution in [3.8, 4) is 11.5 Å². The van der Waals surface area contributed by atoms with E-state index in [1.807, 2.05) is 0 Å². The Morgan fingerprint density at radius 1 is 0.731 bits per heavy atom. The van der Waals surface area contributed by atoms with Crippen LogP contribution in [0.2, 0.25) is 0 Å². The SMILES string of the molecule is CC(C)(C)c1ccc(OS(=O)(=O)C(F)(F)F)c(OS(=O)(=O)C(F)(F)F)c1. The van der Waals surface area contributed by atoms with Crippen LogP contribution in [0.15, 0.2) is 18.2 Å². The van der Waals surface area contributed by atoms with E-state index in [4.69, 9.17) is 0 Å². The molecule has 150 valence electrons. The highest BCUT2D eigenvalue weighted by Gasteiger charge is 2.51. The predicted octanol–water partition coefficient (Wildman–Crippen LogP) is 3.44. The molecule has 0 aliphatic carbocycles. The van der Waals surface area contributed by atoms with E-state index >= 15 is 0 Å². The van der Waals surface area contributed by atoms with Crippen LogP contribution < -0.4 is 8.37 Å². The maximum Gasteiger partial charge on any atom is 0.534 e. The van der Waals surface area contributed by atoms with Gasteiger partial charge >= 0.3 is 31.3 Å². The molecule has 0 aromatic heterocycles. The summed E-state index contributed by atoms with van der Waals surface area (Å²) in [5.41, 5.74) is -12.4. The Morgan fingerprint density at radius 2 is 1.12 bits per heavy atom. The summed E-state index contributed by atoms with van der Waals surface area (Å²) in [5.74, 6) is -2.73. The fraction of sp³-hybridized carbons (Fsp3) is 0.500. The molecule has 1 aromatic rings. The summed E-state index contributed by atoms with van der Waals surface area (Å²) >= 11 is 0. The van der Waals surface area contributed by atoms with Crippen molar-refractivity contribution < 1.29 is 51.5 Å². The van der Waals surface area contributed by atoms with E-state index in [0.717, 1.165) is 6.07 Å². The Bertz CT molecular complexity index is 878. The molecule has 0 fully saturated rings. The van der Waals surface area contributed by atoms with Gasteiger partial charge < -0.3 is 8.37 Å². The average molecular weight is 430 g/mol. The van der Waals surface area contributed by atoms with Crippen LogP contribution in [0.4, 0.5) is 26.3 Å². The van der Waals surface area contributed by atoms with E-state index < -0.39 is 48.2 Å². The van der Waals surface area contributed by atoms with Gasteiger partial charge in [0.2, 0.25) is 0 Å². The molecule has 0 aliphatic rings. The number of hydrogen-bond acceptors (Lipinski definition) is 6. The molecule has 0 amide bonds. The van der Waals surface area contributed by atoms with Gasteiger partial charge in [0, 0.05) is 0 Å². The summed E-state index contributed by atoms with van der Waals surface area (Å²) in [5, 5.41) is 0. The molecule has 0 aliphatic heterocycles. The highest BCUT2D eigenvalue weighted by atomic mass is 32.2. The second-order valence-corrected chi connectivity index (χ2v) is 8.95. The monoisotopic (exact) mass is 430 g/mol. The molecule has 14 heteroatoms. The molecule has 0 heterocycles. The third kappa shape index (κ3) is 4.93. The van der Waals surface area contributed by atoms with Gasteiger partial charge in [0.05, 0.1) is 0 Å². The van der Waals surface area contributed by atoms with Crippen molar-refractivity contribution in [2.45, 2.75) is 37.2 Å². The Morgan fingerprint density at radius 3 is 1.46 bits per heavy atom. The van der Waals surface area contributed by atoms with Crippen molar-refractivity contribution in [1.29, 1.82) is 0 Å². The second kappa shape index (κ2) is 6.48. The minimum Gasteiger partial charge on any atom is -0.372 e. The van der Waals surface area contributed by atoms with Gasteiger partial charge in [-0.1, -0.05) is 26.8 Å². The van der Waals surface area contributed by atoms with Crippen LogP contribution in [-0.2, 0) is 25.7 Å². The predicted molar refractivity (Wildman–Crippen MR) is 76.3 cm³/mol. The minimum absolute atomic E-state index is 0.140. The van der Waals surface area contributed by atoms with E-state index in [0.29, 0.717) is 12.1 Å². The summed E-state index contributed by atoms with van der Waals surface area (Å²) in [6.45, 7) is 4.66. The first-order chi connectivity index (χ1) is 11.3. The lowest BCUT2D eigenvalue weighted by Crippen LogP contribution is -2.30.